The van der Waals surface area contributed by atoms with Gasteiger partial charge in [0.1, 0.15) is 6.04 Å². The lowest BCUT2D eigenvalue weighted by Crippen LogP contribution is -2.44. The van der Waals surface area contributed by atoms with E-state index in [1.165, 1.54) is 7.11 Å². The Hall–Kier alpha value is -2.47. The van der Waals surface area contributed by atoms with E-state index in [0.717, 1.165) is 15.4 Å². The predicted octanol–water partition coefficient (Wildman–Crippen LogP) is 3.89. The van der Waals surface area contributed by atoms with Crippen LogP contribution < -0.4 is 0 Å². The Bertz CT molecular complexity index is 678. The summed E-state index contributed by atoms with van der Waals surface area (Å²) in [5, 5.41) is 9.58. The van der Waals surface area contributed by atoms with Crippen molar-refractivity contribution in [1.82, 2.24) is 4.90 Å². The first kappa shape index (κ1) is 18.9. The molecule has 1 amide bonds. The van der Waals surface area contributed by atoms with Crippen molar-refractivity contribution in [3.05, 3.63) is 66.2 Å². The molecule has 0 spiro atoms. The number of carbonyl (C=O) groups is 2. The van der Waals surface area contributed by atoms with Crippen LogP contribution in [0.3, 0.4) is 0 Å². The second kappa shape index (κ2) is 9.74. The SMILES string of the molecule is COC(=O)[C@H](CCSc1ccccc1)N(Cc1ccccc1)C(=O)O. The zero-order valence-corrected chi connectivity index (χ0v) is 14.8. The van der Waals surface area contributed by atoms with Crippen molar-refractivity contribution in [3.63, 3.8) is 0 Å². The number of benzene rings is 2. The zero-order chi connectivity index (χ0) is 18.1. The quantitative estimate of drug-likeness (QED) is 0.572. The fraction of sp³-hybridized carbons (Fsp3) is 0.263. The van der Waals surface area contributed by atoms with Gasteiger partial charge in [-0.1, -0.05) is 48.5 Å². The number of ether oxygens (including phenoxy) is 1. The summed E-state index contributed by atoms with van der Waals surface area (Å²) in [6.07, 6.45) is -0.755. The number of hydrogen-bond acceptors (Lipinski definition) is 4. The highest BCUT2D eigenvalue weighted by atomic mass is 32.2. The van der Waals surface area contributed by atoms with E-state index in [-0.39, 0.29) is 6.54 Å². The summed E-state index contributed by atoms with van der Waals surface area (Å²) < 4.78 is 4.83. The van der Waals surface area contributed by atoms with Gasteiger partial charge in [-0.15, -0.1) is 11.8 Å². The first-order valence-electron chi connectivity index (χ1n) is 7.91. The summed E-state index contributed by atoms with van der Waals surface area (Å²) in [5.74, 6) is 0.0783. The van der Waals surface area contributed by atoms with E-state index in [0.29, 0.717) is 12.2 Å². The highest BCUT2D eigenvalue weighted by molar-refractivity contribution is 7.99. The van der Waals surface area contributed by atoms with Gasteiger partial charge in [-0.05, 0) is 24.1 Å². The normalized spacial score (nSPS) is 11.6. The number of carboxylic acid groups (broad SMARTS) is 1. The lowest BCUT2D eigenvalue weighted by Gasteiger charge is -2.27. The van der Waals surface area contributed by atoms with Crippen molar-refractivity contribution < 1.29 is 19.4 Å². The molecule has 6 heteroatoms. The smallest absolute Gasteiger partial charge is 0.408 e. The van der Waals surface area contributed by atoms with Crippen molar-refractivity contribution >= 4 is 23.8 Å². The third-order valence-electron chi connectivity index (χ3n) is 3.69. The lowest BCUT2D eigenvalue weighted by atomic mass is 10.1. The summed E-state index contributed by atoms with van der Waals surface area (Å²) >= 11 is 1.58. The van der Waals surface area contributed by atoms with Crippen LogP contribution in [0.25, 0.3) is 0 Å². The molecule has 0 radical (unpaired) electrons. The fourth-order valence-corrected chi connectivity index (χ4v) is 3.36. The van der Waals surface area contributed by atoms with Gasteiger partial charge in [0.2, 0.25) is 0 Å². The number of thioether (sulfide) groups is 1. The van der Waals surface area contributed by atoms with Crippen molar-refractivity contribution in [2.75, 3.05) is 12.9 Å². The average Bonchev–Trinajstić information content (AvgIpc) is 2.64. The first-order valence-corrected chi connectivity index (χ1v) is 8.89. The second-order valence-corrected chi connectivity index (χ2v) is 6.55. The van der Waals surface area contributed by atoms with Crippen LogP contribution in [-0.2, 0) is 16.1 Å². The average molecular weight is 359 g/mol. The minimum Gasteiger partial charge on any atom is -0.467 e. The van der Waals surface area contributed by atoms with Gasteiger partial charge < -0.3 is 9.84 Å². The first-order chi connectivity index (χ1) is 12.1. The zero-order valence-electron chi connectivity index (χ0n) is 14.0. The van der Waals surface area contributed by atoms with E-state index in [4.69, 9.17) is 4.74 Å². The number of amides is 1. The summed E-state index contributed by atoms with van der Waals surface area (Å²) in [4.78, 5) is 26.1. The second-order valence-electron chi connectivity index (χ2n) is 5.39. The predicted molar refractivity (Wildman–Crippen MR) is 97.6 cm³/mol. The number of hydrogen-bond donors (Lipinski definition) is 1. The van der Waals surface area contributed by atoms with E-state index in [2.05, 4.69) is 0 Å². The molecule has 0 aromatic heterocycles. The number of esters is 1. The molecule has 0 saturated heterocycles. The molecule has 0 saturated carbocycles. The molecule has 0 aliphatic rings. The van der Waals surface area contributed by atoms with Crippen LogP contribution in [-0.4, -0.2) is 41.0 Å². The van der Waals surface area contributed by atoms with Crippen molar-refractivity contribution in [2.24, 2.45) is 0 Å². The van der Waals surface area contributed by atoms with Crippen LogP contribution >= 0.6 is 11.8 Å². The Labute approximate surface area is 151 Å². The Morgan fingerprint density at radius 3 is 2.24 bits per heavy atom. The Morgan fingerprint density at radius 1 is 1.08 bits per heavy atom. The maximum absolute atomic E-state index is 12.2. The molecule has 0 aliphatic carbocycles. The molecule has 25 heavy (non-hydrogen) atoms. The molecule has 2 aromatic rings. The van der Waals surface area contributed by atoms with Crippen molar-refractivity contribution in [3.8, 4) is 0 Å². The minimum atomic E-state index is -1.14. The highest BCUT2D eigenvalue weighted by Crippen LogP contribution is 2.21. The molecule has 0 bridgehead atoms. The molecule has 1 atom stereocenters. The topological polar surface area (TPSA) is 66.8 Å². The van der Waals surface area contributed by atoms with Gasteiger partial charge in [0.25, 0.3) is 0 Å². The molecular weight excluding hydrogens is 338 g/mol. The minimum absolute atomic E-state index is 0.145. The van der Waals surface area contributed by atoms with Gasteiger partial charge >= 0.3 is 12.1 Å². The number of carbonyl (C=O) groups excluding carboxylic acids is 1. The monoisotopic (exact) mass is 359 g/mol. The maximum atomic E-state index is 12.2. The molecule has 132 valence electrons. The van der Waals surface area contributed by atoms with Crippen molar-refractivity contribution in [2.45, 2.75) is 23.9 Å². The van der Waals surface area contributed by atoms with Crippen LogP contribution in [0.15, 0.2) is 65.6 Å². The van der Waals surface area contributed by atoms with Gasteiger partial charge in [-0.3, -0.25) is 4.90 Å². The summed E-state index contributed by atoms with van der Waals surface area (Å²) in [7, 11) is 1.28. The lowest BCUT2D eigenvalue weighted by molar-refractivity contribution is -0.146. The van der Waals surface area contributed by atoms with E-state index in [9.17, 15) is 14.7 Å². The number of rotatable bonds is 8. The van der Waals surface area contributed by atoms with Crippen LogP contribution in [0.2, 0.25) is 0 Å². The van der Waals surface area contributed by atoms with Crippen LogP contribution in [0.1, 0.15) is 12.0 Å². The fourth-order valence-electron chi connectivity index (χ4n) is 2.43. The summed E-state index contributed by atoms with van der Waals surface area (Å²) in [6, 6.07) is 18.2. The standard InChI is InChI=1S/C19H21NO4S/c1-24-18(21)17(12-13-25-16-10-6-3-7-11-16)20(19(22)23)14-15-8-4-2-5-9-15/h2-11,17H,12-14H2,1H3,(H,22,23)/t17-/m0/s1. The molecule has 2 rings (SSSR count). The van der Waals surface area contributed by atoms with Gasteiger partial charge in [0.05, 0.1) is 7.11 Å². The van der Waals surface area contributed by atoms with E-state index in [1.54, 1.807) is 11.8 Å². The molecule has 0 fully saturated rings. The van der Waals surface area contributed by atoms with Crippen LogP contribution in [0.5, 0.6) is 0 Å². The largest absolute Gasteiger partial charge is 0.467 e. The van der Waals surface area contributed by atoms with Gasteiger partial charge in [-0.25, -0.2) is 9.59 Å². The maximum Gasteiger partial charge on any atom is 0.408 e. The molecule has 0 unspecified atom stereocenters. The summed E-state index contributed by atoms with van der Waals surface area (Å²) in [6.45, 7) is 0.145. The molecule has 0 aliphatic heterocycles. The Kier molecular flexibility index (Phi) is 7.35. The third kappa shape index (κ3) is 5.83. The summed E-state index contributed by atoms with van der Waals surface area (Å²) in [5.41, 5.74) is 0.828. The van der Waals surface area contributed by atoms with E-state index >= 15 is 0 Å². The molecule has 5 nitrogen and oxygen atoms in total. The van der Waals surface area contributed by atoms with E-state index < -0.39 is 18.1 Å². The van der Waals surface area contributed by atoms with Gasteiger partial charge in [-0.2, -0.15) is 0 Å². The highest BCUT2D eigenvalue weighted by Gasteiger charge is 2.30. The van der Waals surface area contributed by atoms with Gasteiger partial charge in [0, 0.05) is 17.2 Å². The van der Waals surface area contributed by atoms with Crippen molar-refractivity contribution in [1.29, 1.82) is 0 Å². The third-order valence-corrected chi connectivity index (χ3v) is 4.74. The van der Waals surface area contributed by atoms with Gasteiger partial charge in [0.15, 0.2) is 0 Å². The Balaban J connectivity index is 2.07. The number of nitrogens with zero attached hydrogens (tertiary/aromatic N) is 1. The Morgan fingerprint density at radius 2 is 1.68 bits per heavy atom. The molecule has 1 N–H and O–H groups in total. The molecule has 0 heterocycles. The van der Waals surface area contributed by atoms with E-state index in [1.807, 2.05) is 60.7 Å². The van der Waals surface area contributed by atoms with Crippen LogP contribution in [0.4, 0.5) is 4.79 Å². The number of methoxy groups -OCH3 is 1. The van der Waals surface area contributed by atoms with Crippen LogP contribution in [0, 0.1) is 0 Å². The molecule has 2 aromatic carbocycles. The molecular formula is C19H21NO4S.